The molecule has 7 heteroatoms. The van der Waals surface area contributed by atoms with Crippen LogP contribution in [0, 0.1) is 0 Å². The Bertz CT molecular complexity index is 502. The molecule has 1 aliphatic carbocycles. The Kier molecular flexibility index (Phi) is 4.81. The van der Waals surface area contributed by atoms with Crippen LogP contribution in [0.15, 0.2) is 0 Å². The van der Waals surface area contributed by atoms with Crippen molar-refractivity contribution in [2.24, 2.45) is 0 Å². The summed E-state index contributed by atoms with van der Waals surface area (Å²) in [6.45, 7) is 4.81. The van der Waals surface area contributed by atoms with Gasteiger partial charge in [-0.25, -0.2) is 13.4 Å². The molecule has 5 nitrogen and oxygen atoms in total. The van der Waals surface area contributed by atoms with Crippen molar-refractivity contribution >= 4 is 26.5 Å². The first-order valence-corrected chi connectivity index (χ1v) is 9.15. The standard InChI is InChI=1S/C12H21N3O2S2/c1-9(2)13-7-4-8-19(16,17)15-12-14-10-5-3-6-11(10)18-12/h9,13H,3-8H2,1-2H3,(H,14,15). The maximum atomic E-state index is 11.9. The molecule has 1 heterocycles. The van der Waals surface area contributed by atoms with Crippen LogP contribution in [0.2, 0.25) is 0 Å². The number of anilines is 1. The number of nitrogens with zero attached hydrogens (tertiary/aromatic N) is 1. The van der Waals surface area contributed by atoms with E-state index in [-0.39, 0.29) is 5.75 Å². The number of thiazole rings is 1. The van der Waals surface area contributed by atoms with E-state index in [2.05, 4.69) is 15.0 Å². The molecule has 0 saturated carbocycles. The van der Waals surface area contributed by atoms with Gasteiger partial charge in [-0.05, 0) is 32.2 Å². The van der Waals surface area contributed by atoms with Crippen molar-refractivity contribution in [2.45, 2.75) is 45.6 Å². The molecule has 0 radical (unpaired) electrons. The summed E-state index contributed by atoms with van der Waals surface area (Å²) < 4.78 is 26.4. The van der Waals surface area contributed by atoms with Crippen LogP contribution in [0.3, 0.4) is 0 Å². The van der Waals surface area contributed by atoms with Crippen LogP contribution < -0.4 is 10.0 Å². The van der Waals surface area contributed by atoms with E-state index in [1.54, 1.807) is 0 Å². The molecule has 0 saturated heterocycles. The van der Waals surface area contributed by atoms with Crippen LogP contribution in [0.1, 0.15) is 37.3 Å². The number of hydrogen-bond donors (Lipinski definition) is 2. The molecule has 108 valence electrons. The summed E-state index contributed by atoms with van der Waals surface area (Å²) in [7, 11) is -3.26. The number of hydrogen-bond acceptors (Lipinski definition) is 5. The van der Waals surface area contributed by atoms with E-state index >= 15 is 0 Å². The van der Waals surface area contributed by atoms with Gasteiger partial charge < -0.3 is 5.32 Å². The molecular weight excluding hydrogens is 282 g/mol. The molecule has 19 heavy (non-hydrogen) atoms. The summed E-state index contributed by atoms with van der Waals surface area (Å²) in [4.78, 5) is 5.58. The average Bonchev–Trinajstić information content (AvgIpc) is 2.84. The van der Waals surface area contributed by atoms with E-state index in [9.17, 15) is 8.42 Å². The molecule has 1 aliphatic rings. The molecule has 0 aromatic carbocycles. The summed E-state index contributed by atoms with van der Waals surface area (Å²) in [5, 5.41) is 3.74. The first kappa shape index (κ1) is 14.7. The van der Waals surface area contributed by atoms with Crippen LogP contribution in [0.25, 0.3) is 0 Å². The minimum absolute atomic E-state index is 0.136. The maximum absolute atomic E-state index is 11.9. The molecule has 1 aromatic rings. The zero-order valence-electron chi connectivity index (χ0n) is 11.4. The van der Waals surface area contributed by atoms with E-state index in [4.69, 9.17) is 0 Å². The molecule has 2 N–H and O–H groups in total. The summed E-state index contributed by atoms with van der Waals surface area (Å²) >= 11 is 1.48. The second-order valence-corrected chi connectivity index (χ2v) is 8.05. The van der Waals surface area contributed by atoms with Crippen LogP contribution >= 0.6 is 11.3 Å². The lowest BCUT2D eigenvalue weighted by molar-refractivity contribution is 0.571. The van der Waals surface area contributed by atoms with Gasteiger partial charge >= 0.3 is 0 Å². The fourth-order valence-corrected chi connectivity index (χ4v) is 4.46. The van der Waals surface area contributed by atoms with Gasteiger partial charge in [0.25, 0.3) is 0 Å². The Hall–Kier alpha value is -0.660. The zero-order chi connectivity index (χ0) is 13.9. The summed E-state index contributed by atoms with van der Waals surface area (Å²) in [6, 6.07) is 0.387. The van der Waals surface area contributed by atoms with Gasteiger partial charge in [0.15, 0.2) is 5.13 Å². The van der Waals surface area contributed by atoms with E-state index in [0.29, 0.717) is 24.1 Å². The molecule has 0 bridgehead atoms. The molecule has 0 spiro atoms. The van der Waals surface area contributed by atoms with Crippen molar-refractivity contribution in [2.75, 3.05) is 17.0 Å². The molecule has 0 unspecified atom stereocenters. The maximum Gasteiger partial charge on any atom is 0.234 e. The number of rotatable bonds is 7. The van der Waals surface area contributed by atoms with Gasteiger partial charge in [0.2, 0.25) is 10.0 Å². The SMILES string of the molecule is CC(C)NCCCS(=O)(=O)Nc1nc2c(s1)CCC2. The van der Waals surface area contributed by atoms with E-state index in [0.717, 1.165) is 25.0 Å². The van der Waals surface area contributed by atoms with Crippen LogP contribution in [0.4, 0.5) is 5.13 Å². The van der Waals surface area contributed by atoms with E-state index < -0.39 is 10.0 Å². The number of aryl methyl sites for hydroxylation is 2. The normalized spacial score (nSPS) is 14.9. The Morgan fingerprint density at radius 3 is 2.84 bits per heavy atom. The third-order valence-corrected chi connectivity index (χ3v) is 5.51. The summed E-state index contributed by atoms with van der Waals surface area (Å²) in [5.74, 6) is 0.136. The number of sulfonamides is 1. The second kappa shape index (κ2) is 6.19. The largest absolute Gasteiger partial charge is 0.314 e. The molecule has 0 aliphatic heterocycles. The van der Waals surface area contributed by atoms with Crippen molar-refractivity contribution in [3.8, 4) is 0 Å². The zero-order valence-corrected chi connectivity index (χ0v) is 13.0. The van der Waals surface area contributed by atoms with Gasteiger partial charge in [-0.3, -0.25) is 4.72 Å². The number of fused-ring (bicyclic) bond motifs is 1. The van der Waals surface area contributed by atoms with Gasteiger partial charge in [-0.1, -0.05) is 13.8 Å². The minimum Gasteiger partial charge on any atom is -0.314 e. The number of nitrogens with one attached hydrogen (secondary N) is 2. The first-order chi connectivity index (χ1) is 8.96. The second-order valence-electron chi connectivity index (χ2n) is 5.13. The fraction of sp³-hybridized carbons (Fsp3) is 0.750. The van der Waals surface area contributed by atoms with E-state index in [1.165, 1.54) is 16.2 Å². The predicted molar refractivity (Wildman–Crippen MR) is 79.3 cm³/mol. The third kappa shape index (κ3) is 4.43. The number of aromatic nitrogens is 1. The smallest absolute Gasteiger partial charge is 0.234 e. The van der Waals surface area contributed by atoms with Crippen molar-refractivity contribution in [1.29, 1.82) is 0 Å². The highest BCUT2D eigenvalue weighted by atomic mass is 32.2. The van der Waals surface area contributed by atoms with Crippen molar-refractivity contribution in [3.63, 3.8) is 0 Å². The van der Waals surface area contributed by atoms with Crippen LogP contribution in [-0.4, -0.2) is 31.7 Å². The van der Waals surface area contributed by atoms with Gasteiger partial charge in [0.05, 0.1) is 11.4 Å². The quantitative estimate of drug-likeness (QED) is 0.753. The minimum atomic E-state index is -3.26. The lowest BCUT2D eigenvalue weighted by Gasteiger charge is -2.08. The fourth-order valence-electron chi connectivity index (χ4n) is 2.07. The lowest BCUT2D eigenvalue weighted by Crippen LogP contribution is -2.26. The first-order valence-electron chi connectivity index (χ1n) is 6.69. The highest BCUT2D eigenvalue weighted by Gasteiger charge is 2.19. The molecule has 2 rings (SSSR count). The Balaban J connectivity index is 1.83. The van der Waals surface area contributed by atoms with Gasteiger partial charge in [-0.15, -0.1) is 11.3 Å². The monoisotopic (exact) mass is 303 g/mol. The highest BCUT2D eigenvalue weighted by molar-refractivity contribution is 7.92. The molecule has 0 atom stereocenters. The average molecular weight is 303 g/mol. The Morgan fingerprint density at radius 1 is 1.37 bits per heavy atom. The molecular formula is C12H21N3O2S2. The Labute approximate surface area is 118 Å². The van der Waals surface area contributed by atoms with Gasteiger partial charge in [-0.2, -0.15) is 0 Å². The third-order valence-electron chi connectivity index (χ3n) is 2.98. The van der Waals surface area contributed by atoms with Crippen molar-refractivity contribution < 1.29 is 8.42 Å². The van der Waals surface area contributed by atoms with Crippen LogP contribution in [-0.2, 0) is 22.9 Å². The highest BCUT2D eigenvalue weighted by Crippen LogP contribution is 2.30. The summed E-state index contributed by atoms with van der Waals surface area (Å²) in [5.41, 5.74) is 1.07. The molecule has 0 amide bonds. The topological polar surface area (TPSA) is 71.1 Å². The summed E-state index contributed by atoms with van der Waals surface area (Å²) in [6.07, 6.45) is 3.76. The van der Waals surface area contributed by atoms with E-state index in [1.807, 2.05) is 13.8 Å². The predicted octanol–water partition coefficient (Wildman–Crippen LogP) is 1.76. The molecule has 0 fully saturated rings. The van der Waals surface area contributed by atoms with Gasteiger partial charge in [0, 0.05) is 10.9 Å². The lowest BCUT2D eigenvalue weighted by atomic mass is 10.4. The van der Waals surface area contributed by atoms with Gasteiger partial charge in [0.1, 0.15) is 0 Å². The van der Waals surface area contributed by atoms with Crippen molar-refractivity contribution in [3.05, 3.63) is 10.6 Å². The van der Waals surface area contributed by atoms with Crippen molar-refractivity contribution in [1.82, 2.24) is 10.3 Å². The Morgan fingerprint density at radius 2 is 2.16 bits per heavy atom. The van der Waals surface area contributed by atoms with Crippen LogP contribution in [0.5, 0.6) is 0 Å². The molecule has 1 aromatic heterocycles.